The Hall–Kier alpha value is -1.45. The van der Waals surface area contributed by atoms with Gasteiger partial charge in [0, 0.05) is 6.54 Å². The topological polar surface area (TPSA) is 60.2 Å². The predicted molar refractivity (Wildman–Crippen MR) is 84.0 cm³/mol. The maximum atomic E-state index is 5.90. The molecule has 0 saturated heterocycles. The van der Waals surface area contributed by atoms with Gasteiger partial charge in [-0.1, -0.05) is 27.7 Å². The molecular weight excluding hydrogens is 250 g/mol. The number of anilines is 2. The fourth-order valence-electron chi connectivity index (χ4n) is 2.30. The van der Waals surface area contributed by atoms with Gasteiger partial charge in [-0.05, 0) is 42.2 Å². The monoisotopic (exact) mass is 277 g/mol. The molecule has 0 amide bonds. The lowest BCUT2D eigenvalue weighted by molar-refractivity contribution is 0.263. The Kier molecular flexibility index (Phi) is 4.41. The van der Waals surface area contributed by atoms with Gasteiger partial charge in [-0.2, -0.15) is 4.98 Å². The molecular formula is C16H27N3O. The summed E-state index contributed by atoms with van der Waals surface area (Å²) in [7, 11) is 0. The first kappa shape index (κ1) is 14.9. The normalized spacial score (nSPS) is 16.5. The Morgan fingerprint density at radius 3 is 2.55 bits per heavy atom. The Morgan fingerprint density at radius 1 is 1.30 bits per heavy atom. The minimum absolute atomic E-state index is 0.460. The number of hydrogen-bond acceptors (Lipinski definition) is 4. The molecule has 2 rings (SSSR count). The molecule has 1 aromatic heterocycles. The molecule has 112 valence electrons. The Labute approximate surface area is 122 Å². The molecule has 1 heterocycles. The summed E-state index contributed by atoms with van der Waals surface area (Å²) in [6.45, 7) is 10.4. The van der Waals surface area contributed by atoms with Crippen molar-refractivity contribution < 1.29 is 4.74 Å². The maximum Gasteiger partial charge on any atom is 0.239 e. The van der Waals surface area contributed by atoms with E-state index in [9.17, 15) is 0 Å². The zero-order valence-corrected chi connectivity index (χ0v) is 13.1. The van der Waals surface area contributed by atoms with Gasteiger partial charge in [0.05, 0.1) is 12.3 Å². The van der Waals surface area contributed by atoms with Crippen LogP contribution in [-0.4, -0.2) is 18.1 Å². The first-order valence-corrected chi connectivity index (χ1v) is 7.56. The van der Waals surface area contributed by atoms with Crippen LogP contribution in [0.25, 0.3) is 0 Å². The van der Waals surface area contributed by atoms with E-state index in [0.717, 1.165) is 12.4 Å². The van der Waals surface area contributed by atoms with Gasteiger partial charge in [-0.15, -0.1) is 0 Å². The highest BCUT2D eigenvalue weighted by atomic mass is 16.5. The Balaban J connectivity index is 1.97. The zero-order chi connectivity index (χ0) is 14.8. The zero-order valence-electron chi connectivity index (χ0n) is 13.1. The summed E-state index contributed by atoms with van der Waals surface area (Å²) in [4.78, 5) is 4.48. The van der Waals surface area contributed by atoms with E-state index >= 15 is 0 Å². The SMILES string of the molecule is CC(C)COc1nc(NCC2(C(C)C)CC2)ccc1N. The molecule has 1 saturated carbocycles. The average Bonchev–Trinajstić information content (AvgIpc) is 3.17. The fraction of sp³-hybridized carbons (Fsp3) is 0.688. The van der Waals surface area contributed by atoms with Gasteiger partial charge in [0.25, 0.3) is 0 Å². The molecule has 1 aliphatic carbocycles. The number of hydrogen-bond donors (Lipinski definition) is 2. The van der Waals surface area contributed by atoms with Crippen molar-refractivity contribution in [3.63, 3.8) is 0 Å². The quantitative estimate of drug-likeness (QED) is 0.800. The molecule has 3 N–H and O–H groups in total. The van der Waals surface area contributed by atoms with Crippen LogP contribution < -0.4 is 15.8 Å². The molecule has 0 bridgehead atoms. The predicted octanol–water partition coefficient (Wildman–Crippen LogP) is 3.55. The summed E-state index contributed by atoms with van der Waals surface area (Å²) in [5.74, 6) is 2.56. The summed E-state index contributed by atoms with van der Waals surface area (Å²) in [5, 5.41) is 3.44. The number of rotatable bonds is 7. The molecule has 1 aliphatic rings. The van der Waals surface area contributed by atoms with Crippen LogP contribution in [0.1, 0.15) is 40.5 Å². The highest BCUT2D eigenvalue weighted by Gasteiger charge is 2.44. The molecule has 0 aromatic carbocycles. The lowest BCUT2D eigenvalue weighted by atomic mass is 9.92. The Morgan fingerprint density at radius 2 is 2.00 bits per heavy atom. The summed E-state index contributed by atoms with van der Waals surface area (Å²) in [5.41, 5.74) is 6.96. The van der Waals surface area contributed by atoms with Gasteiger partial charge < -0.3 is 15.8 Å². The second-order valence-electron chi connectivity index (χ2n) is 6.67. The number of nitrogen functional groups attached to an aromatic ring is 1. The van der Waals surface area contributed by atoms with Crippen molar-refractivity contribution in [1.29, 1.82) is 0 Å². The summed E-state index contributed by atoms with van der Waals surface area (Å²) in [6, 6.07) is 3.79. The van der Waals surface area contributed by atoms with Gasteiger partial charge in [0.15, 0.2) is 0 Å². The van der Waals surface area contributed by atoms with Crippen LogP contribution in [-0.2, 0) is 0 Å². The van der Waals surface area contributed by atoms with Gasteiger partial charge in [0.2, 0.25) is 5.88 Å². The lowest BCUT2D eigenvalue weighted by Gasteiger charge is -2.20. The minimum atomic E-state index is 0.460. The van der Waals surface area contributed by atoms with Crippen molar-refractivity contribution in [2.45, 2.75) is 40.5 Å². The van der Waals surface area contributed by atoms with E-state index in [1.807, 2.05) is 12.1 Å². The van der Waals surface area contributed by atoms with E-state index in [1.165, 1.54) is 12.8 Å². The first-order valence-electron chi connectivity index (χ1n) is 7.56. The molecule has 0 spiro atoms. The van der Waals surface area contributed by atoms with Gasteiger partial charge in [0.1, 0.15) is 5.82 Å². The molecule has 0 radical (unpaired) electrons. The summed E-state index contributed by atoms with van der Waals surface area (Å²) < 4.78 is 5.66. The number of nitrogens with zero attached hydrogens (tertiary/aromatic N) is 1. The van der Waals surface area contributed by atoms with Crippen molar-refractivity contribution in [2.24, 2.45) is 17.3 Å². The van der Waals surface area contributed by atoms with E-state index < -0.39 is 0 Å². The second-order valence-corrected chi connectivity index (χ2v) is 6.67. The number of aromatic nitrogens is 1. The summed E-state index contributed by atoms with van der Waals surface area (Å²) in [6.07, 6.45) is 2.62. The highest BCUT2D eigenvalue weighted by molar-refractivity contribution is 5.53. The van der Waals surface area contributed by atoms with Crippen molar-refractivity contribution in [1.82, 2.24) is 4.98 Å². The fourth-order valence-corrected chi connectivity index (χ4v) is 2.30. The van der Waals surface area contributed by atoms with E-state index in [0.29, 0.717) is 35.4 Å². The second kappa shape index (κ2) is 5.90. The van der Waals surface area contributed by atoms with Gasteiger partial charge in [-0.3, -0.25) is 0 Å². The van der Waals surface area contributed by atoms with Crippen molar-refractivity contribution in [2.75, 3.05) is 24.2 Å². The number of ether oxygens (including phenoxy) is 1. The van der Waals surface area contributed by atoms with E-state index in [2.05, 4.69) is 38.0 Å². The number of nitrogens with two attached hydrogens (primary N) is 1. The van der Waals surface area contributed by atoms with Crippen molar-refractivity contribution >= 4 is 11.5 Å². The highest BCUT2D eigenvalue weighted by Crippen LogP contribution is 2.51. The van der Waals surface area contributed by atoms with Gasteiger partial charge in [-0.25, -0.2) is 0 Å². The number of pyridine rings is 1. The van der Waals surface area contributed by atoms with Crippen LogP contribution >= 0.6 is 0 Å². The van der Waals surface area contributed by atoms with E-state index in [4.69, 9.17) is 10.5 Å². The third-order valence-corrected chi connectivity index (χ3v) is 4.18. The molecule has 1 fully saturated rings. The third kappa shape index (κ3) is 3.56. The van der Waals surface area contributed by atoms with E-state index in [1.54, 1.807) is 0 Å². The molecule has 4 nitrogen and oxygen atoms in total. The van der Waals surface area contributed by atoms with Gasteiger partial charge >= 0.3 is 0 Å². The van der Waals surface area contributed by atoms with Crippen LogP contribution in [0.4, 0.5) is 11.5 Å². The Bertz CT molecular complexity index is 453. The van der Waals surface area contributed by atoms with Crippen LogP contribution in [0, 0.1) is 17.3 Å². The smallest absolute Gasteiger partial charge is 0.239 e. The number of nitrogens with one attached hydrogen (secondary N) is 1. The molecule has 20 heavy (non-hydrogen) atoms. The first-order chi connectivity index (χ1) is 9.43. The summed E-state index contributed by atoms with van der Waals surface area (Å²) >= 11 is 0. The average molecular weight is 277 g/mol. The third-order valence-electron chi connectivity index (χ3n) is 4.18. The molecule has 1 aromatic rings. The van der Waals surface area contributed by atoms with Crippen LogP contribution in [0.15, 0.2) is 12.1 Å². The van der Waals surface area contributed by atoms with Crippen molar-refractivity contribution in [3.05, 3.63) is 12.1 Å². The molecule has 0 atom stereocenters. The molecule has 0 aliphatic heterocycles. The largest absolute Gasteiger partial charge is 0.476 e. The molecule has 0 unspecified atom stereocenters. The molecule has 4 heteroatoms. The minimum Gasteiger partial charge on any atom is -0.476 e. The van der Waals surface area contributed by atoms with Crippen LogP contribution in [0.3, 0.4) is 0 Å². The van der Waals surface area contributed by atoms with Crippen LogP contribution in [0.5, 0.6) is 5.88 Å². The van der Waals surface area contributed by atoms with Crippen molar-refractivity contribution in [3.8, 4) is 5.88 Å². The van der Waals surface area contributed by atoms with Crippen LogP contribution in [0.2, 0.25) is 0 Å². The standard InChI is InChI=1S/C16H27N3O/c1-11(2)9-20-15-13(17)5-6-14(19-15)18-10-16(7-8-16)12(3)4/h5-6,11-12H,7-10,17H2,1-4H3,(H,18,19). The maximum absolute atomic E-state index is 5.90. The van der Waals surface area contributed by atoms with E-state index in [-0.39, 0.29) is 0 Å². The lowest BCUT2D eigenvalue weighted by Crippen LogP contribution is -2.21.